The minimum absolute atomic E-state index is 0.0558. The fraction of sp³-hybridized carbons (Fsp3) is 0.429. The third kappa shape index (κ3) is 3.46. The van der Waals surface area contributed by atoms with E-state index in [4.69, 9.17) is 0 Å². The highest BCUT2D eigenvalue weighted by molar-refractivity contribution is 7.16. The second-order valence-electron chi connectivity index (χ2n) is 7.20. The zero-order chi connectivity index (χ0) is 19.7. The Hall–Kier alpha value is -2.54. The molecule has 1 amide bonds. The number of likely N-dealkylation sites (tertiary alicyclic amines) is 1. The maximum absolute atomic E-state index is 12.9. The number of nitrogens with zero attached hydrogens (tertiary/aromatic N) is 4. The number of benzene rings is 1. The van der Waals surface area contributed by atoms with Gasteiger partial charge in [-0.1, -0.05) is 48.6 Å². The van der Waals surface area contributed by atoms with Gasteiger partial charge in [0.25, 0.3) is 5.56 Å². The summed E-state index contributed by atoms with van der Waals surface area (Å²) in [4.78, 5) is 32.6. The Morgan fingerprint density at radius 1 is 1.29 bits per heavy atom. The van der Waals surface area contributed by atoms with E-state index in [1.807, 2.05) is 49.1 Å². The quantitative estimate of drug-likeness (QED) is 0.663. The number of aromatic nitrogens is 3. The van der Waals surface area contributed by atoms with E-state index in [0.717, 1.165) is 36.5 Å². The lowest BCUT2D eigenvalue weighted by atomic mass is 10.1. The summed E-state index contributed by atoms with van der Waals surface area (Å²) in [5.74, 6) is 0.149. The molecule has 6 nitrogen and oxygen atoms in total. The van der Waals surface area contributed by atoms with Crippen LogP contribution in [0.5, 0.6) is 0 Å². The van der Waals surface area contributed by atoms with Gasteiger partial charge in [0.2, 0.25) is 10.9 Å². The Kier molecular flexibility index (Phi) is 5.26. The Morgan fingerprint density at radius 2 is 2.07 bits per heavy atom. The zero-order valence-electron chi connectivity index (χ0n) is 16.2. The van der Waals surface area contributed by atoms with Crippen LogP contribution < -0.4 is 5.56 Å². The fourth-order valence-corrected chi connectivity index (χ4v) is 4.98. The summed E-state index contributed by atoms with van der Waals surface area (Å²) in [6.45, 7) is 4.57. The lowest BCUT2D eigenvalue weighted by Gasteiger charge is -2.22. The molecule has 0 saturated carbocycles. The SMILES string of the molecule is CCc1c(C)nc2sc([C@H]3CCCN3C(=O)CCc3ccccc3)nn2c1=O. The molecule has 0 aliphatic carbocycles. The van der Waals surface area contributed by atoms with Crippen LogP contribution in [0.3, 0.4) is 0 Å². The fourth-order valence-electron chi connectivity index (χ4n) is 3.90. The van der Waals surface area contributed by atoms with Crippen molar-refractivity contribution in [1.82, 2.24) is 19.5 Å². The number of hydrogen-bond donors (Lipinski definition) is 0. The molecule has 1 aromatic carbocycles. The molecule has 0 unspecified atom stereocenters. The summed E-state index contributed by atoms with van der Waals surface area (Å²) >= 11 is 1.42. The molecule has 1 aliphatic rings. The molecule has 1 aliphatic heterocycles. The third-order valence-corrected chi connectivity index (χ3v) is 6.42. The molecule has 2 aromatic heterocycles. The first-order valence-electron chi connectivity index (χ1n) is 9.81. The second kappa shape index (κ2) is 7.83. The number of rotatable bonds is 5. The highest BCUT2D eigenvalue weighted by Gasteiger charge is 2.32. The average Bonchev–Trinajstić information content (AvgIpc) is 3.34. The molecule has 1 saturated heterocycles. The van der Waals surface area contributed by atoms with Gasteiger partial charge >= 0.3 is 0 Å². The summed E-state index contributed by atoms with van der Waals surface area (Å²) in [6, 6.07) is 10.0. The Balaban J connectivity index is 1.57. The molecular formula is C21H24N4O2S. The van der Waals surface area contributed by atoms with E-state index in [2.05, 4.69) is 10.1 Å². The first kappa shape index (κ1) is 18.8. The van der Waals surface area contributed by atoms with Crippen LogP contribution in [0.1, 0.15) is 54.1 Å². The molecule has 1 fully saturated rings. The van der Waals surface area contributed by atoms with E-state index in [-0.39, 0.29) is 17.5 Å². The normalized spacial score (nSPS) is 16.8. The topological polar surface area (TPSA) is 67.6 Å². The van der Waals surface area contributed by atoms with E-state index in [1.54, 1.807) is 0 Å². The predicted molar refractivity (Wildman–Crippen MR) is 110 cm³/mol. The summed E-state index contributed by atoms with van der Waals surface area (Å²) in [5.41, 5.74) is 2.55. The van der Waals surface area contributed by atoms with Crippen LogP contribution in [0.2, 0.25) is 0 Å². The minimum Gasteiger partial charge on any atom is -0.333 e. The van der Waals surface area contributed by atoms with Crippen LogP contribution in [-0.2, 0) is 17.6 Å². The molecule has 3 heterocycles. The van der Waals surface area contributed by atoms with Gasteiger partial charge in [0.05, 0.1) is 6.04 Å². The number of carbonyl (C=O) groups is 1. The van der Waals surface area contributed by atoms with Crippen molar-refractivity contribution in [2.24, 2.45) is 0 Å². The van der Waals surface area contributed by atoms with Gasteiger partial charge < -0.3 is 4.90 Å². The number of carbonyl (C=O) groups excluding carboxylic acids is 1. The van der Waals surface area contributed by atoms with Crippen LogP contribution in [0, 0.1) is 6.92 Å². The second-order valence-corrected chi connectivity index (χ2v) is 8.19. The van der Waals surface area contributed by atoms with Gasteiger partial charge in [0.15, 0.2) is 0 Å². The highest BCUT2D eigenvalue weighted by atomic mass is 32.1. The Labute approximate surface area is 167 Å². The summed E-state index contributed by atoms with van der Waals surface area (Å²) in [6.07, 6.45) is 3.71. The van der Waals surface area contributed by atoms with Crippen LogP contribution in [-0.4, -0.2) is 31.9 Å². The molecule has 28 heavy (non-hydrogen) atoms. The van der Waals surface area contributed by atoms with Gasteiger partial charge in [-0.15, -0.1) is 0 Å². The third-order valence-electron chi connectivity index (χ3n) is 5.41. The lowest BCUT2D eigenvalue weighted by molar-refractivity contribution is -0.132. The number of fused-ring (bicyclic) bond motifs is 1. The lowest BCUT2D eigenvalue weighted by Crippen LogP contribution is -2.31. The van der Waals surface area contributed by atoms with Crippen molar-refractivity contribution in [2.45, 2.75) is 52.0 Å². The molecule has 1 atom stereocenters. The van der Waals surface area contributed by atoms with Crippen molar-refractivity contribution in [3.8, 4) is 0 Å². The Morgan fingerprint density at radius 3 is 2.82 bits per heavy atom. The van der Waals surface area contributed by atoms with Crippen LogP contribution in [0.25, 0.3) is 4.96 Å². The summed E-state index contributed by atoms with van der Waals surface area (Å²) in [7, 11) is 0. The van der Waals surface area contributed by atoms with E-state index in [9.17, 15) is 9.59 Å². The minimum atomic E-state index is -0.0903. The molecule has 0 radical (unpaired) electrons. The summed E-state index contributed by atoms with van der Waals surface area (Å²) < 4.78 is 1.41. The number of hydrogen-bond acceptors (Lipinski definition) is 5. The van der Waals surface area contributed by atoms with Crippen molar-refractivity contribution in [3.05, 3.63) is 62.5 Å². The van der Waals surface area contributed by atoms with Crippen molar-refractivity contribution in [3.63, 3.8) is 0 Å². The summed E-state index contributed by atoms with van der Waals surface area (Å²) in [5, 5.41) is 5.37. The highest BCUT2D eigenvalue weighted by Crippen LogP contribution is 2.34. The van der Waals surface area contributed by atoms with E-state index >= 15 is 0 Å². The molecule has 4 rings (SSSR count). The van der Waals surface area contributed by atoms with Crippen LogP contribution in [0.15, 0.2) is 35.1 Å². The molecule has 3 aromatic rings. The van der Waals surface area contributed by atoms with E-state index < -0.39 is 0 Å². The van der Waals surface area contributed by atoms with Gasteiger partial charge in [-0.2, -0.15) is 9.61 Å². The first-order chi connectivity index (χ1) is 13.6. The number of aryl methyl sites for hydroxylation is 2. The molecule has 0 spiro atoms. The molecule has 0 N–H and O–H groups in total. The standard InChI is InChI=1S/C21H24N4O2S/c1-3-16-14(2)22-21-25(20(16)27)23-19(28-21)17-10-7-13-24(17)18(26)12-11-15-8-5-4-6-9-15/h4-6,8-9,17H,3,7,10-13H2,1-2H3/t17-/m1/s1. The van der Waals surface area contributed by atoms with Gasteiger partial charge in [-0.05, 0) is 38.2 Å². The maximum atomic E-state index is 12.9. The first-order valence-corrected chi connectivity index (χ1v) is 10.6. The van der Waals surface area contributed by atoms with Crippen molar-refractivity contribution in [1.29, 1.82) is 0 Å². The van der Waals surface area contributed by atoms with Crippen molar-refractivity contribution < 1.29 is 4.79 Å². The zero-order valence-corrected chi connectivity index (χ0v) is 17.0. The van der Waals surface area contributed by atoms with Gasteiger partial charge in [-0.25, -0.2) is 4.98 Å². The van der Waals surface area contributed by atoms with Gasteiger partial charge in [0.1, 0.15) is 5.01 Å². The molecule has 146 valence electrons. The molecular weight excluding hydrogens is 372 g/mol. The maximum Gasteiger partial charge on any atom is 0.278 e. The van der Waals surface area contributed by atoms with E-state index in [0.29, 0.717) is 23.4 Å². The largest absolute Gasteiger partial charge is 0.333 e. The van der Waals surface area contributed by atoms with Crippen LogP contribution >= 0.6 is 11.3 Å². The average molecular weight is 397 g/mol. The van der Waals surface area contributed by atoms with Crippen LogP contribution in [0.4, 0.5) is 0 Å². The van der Waals surface area contributed by atoms with Crippen molar-refractivity contribution in [2.75, 3.05) is 6.54 Å². The Bertz CT molecular complexity index is 1060. The van der Waals surface area contributed by atoms with Crippen molar-refractivity contribution >= 4 is 22.2 Å². The van der Waals surface area contributed by atoms with Gasteiger partial charge in [-0.3, -0.25) is 9.59 Å². The molecule has 0 bridgehead atoms. The predicted octanol–water partition coefficient (Wildman–Crippen LogP) is 3.32. The smallest absolute Gasteiger partial charge is 0.278 e. The molecule has 7 heteroatoms. The number of amides is 1. The monoisotopic (exact) mass is 396 g/mol. The van der Waals surface area contributed by atoms with E-state index in [1.165, 1.54) is 21.4 Å². The van der Waals surface area contributed by atoms with Gasteiger partial charge in [0, 0.05) is 24.2 Å².